The lowest BCUT2D eigenvalue weighted by Gasteiger charge is -2.19. The predicted molar refractivity (Wildman–Crippen MR) is 65.6 cm³/mol. The second kappa shape index (κ2) is 4.72. The van der Waals surface area contributed by atoms with Crippen molar-refractivity contribution in [3.63, 3.8) is 0 Å². The van der Waals surface area contributed by atoms with Crippen molar-refractivity contribution in [1.29, 1.82) is 0 Å². The lowest BCUT2D eigenvalue weighted by molar-refractivity contribution is -0.0327. The van der Waals surface area contributed by atoms with Gasteiger partial charge in [0.2, 0.25) is 0 Å². The fourth-order valence-electron chi connectivity index (χ4n) is 1.86. The SMILES string of the molecule is CC1(C)CCC(COc2cccnc2Br)O1. The number of nitrogens with zero attached hydrogens (tertiary/aromatic N) is 1. The minimum atomic E-state index is 0.000195. The van der Waals surface area contributed by atoms with Gasteiger partial charge in [0.15, 0.2) is 5.75 Å². The summed E-state index contributed by atoms with van der Waals surface area (Å²) in [7, 11) is 0. The first kappa shape index (κ1) is 11.9. The third-order valence-electron chi connectivity index (χ3n) is 2.70. The highest BCUT2D eigenvalue weighted by Gasteiger charge is 2.31. The predicted octanol–water partition coefficient (Wildman–Crippen LogP) is 3.18. The molecule has 0 N–H and O–H groups in total. The van der Waals surface area contributed by atoms with Crippen molar-refractivity contribution in [1.82, 2.24) is 4.98 Å². The van der Waals surface area contributed by atoms with E-state index in [9.17, 15) is 0 Å². The van der Waals surface area contributed by atoms with Gasteiger partial charge in [-0.1, -0.05) is 0 Å². The minimum absolute atomic E-state index is 0.000195. The topological polar surface area (TPSA) is 31.4 Å². The molecule has 1 aromatic rings. The molecule has 88 valence electrons. The zero-order chi connectivity index (χ0) is 11.6. The molecule has 2 rings (SSSR count). The maximum Gasteiger partial charge on any atom is 0.152 e. The van der Waals surface area contributed by atoms with Crippen molar-refractivity contribution < 1.29 is 9.47 Å². The molecule has 0 spiro atoms. The number of pyridine rings is 1. The van der Waals surface area contributed by atoms with Gasteiger partial charge in [0.25, 0.3) is 0 Å². The van der Waals surface area contributed by atoms with Gasteiger partial charge in [-0.15, -0.1) is 0 Å². The number of halogens is 1. The molecule has 16 heavy (non-hydrogen) atoms. The van der Waals surface area contributed by atoms with Crippen molar-refractivity contribution in [2.75, 3.05) is 6.61 Å². The van der Waals surface area contributed by atoms with Gasteiger partial charge in [-0.2, -0.15) is 0 Å². The molecular formula is C12H16BrNO2. The van der Waals surface area contributed by atoms with E-state index in [4.69, 9.17) is 9.47 Å². The fraction of sp³-hybridized carbons (Fsp3) is 0.583. The molecule has 1 aliphatic heterocycles. The number of aromatic nitrogens is 1. The molecular weight excluding hydrogens is 270 g/mol. The Labute approximate surface area is 104 Å². The smallest absolute Gasteiger partial charge is 0.152 e. The third kappa shape index (κ3) is 2.95. The van der Waals surface area contributed by atoms with E-state index in [0.717, 1.165) is 23.2 Å². The van der Waals surface area contributed by atoms with Crippen LogP contribution in [-0.4, -0.2) is 23.3 Å². The van der Waals surface area contributed by atoms with Crippen molar-refractivity contribution in [2.45, 2.75) is 38.4 Å². The molecule has 0 aromatic carbocycles. The summed E-state index contributed by atoms with van der Waals surface area (Å²) in [6.07, 6.45) is 4.08. The molecule has 2 heterocycles. The van der Waals surface area contributed by atoms with E-state index >= 15 is 0 Å². The Morgan fingerprint density at radius 2 is 2.44 bits per heavy atom. The Hall–Kier alpha value is -0.610. The Balaban J connectivity index is 1.87. The van der Waals surface area contributed by atoms with Crippen LogP contribution in [0.4, 0.5) is 0 Å². The van der Waals surface area contributed by atoms with Crippen LogP contribution in [0.25, 0.3) is 0 Å². The van der Waals surface area contributed by atoms with E-state index in [0.29, 0.717) is 6.61 Å². The summed E-state index contributed by atoms with van der Waals surface area (Å²) in [6.45, 7) is 4.83. The first-order valence-corrected chi connectivity index (χ1v) is 6.27. The average Bonchev–Trinajstić information content (AvgIpc) is 2.57. The third-order valence-corrected chi connectivity index (χ3v) is 3.30. The molecule has 0 radical (unpaired) electrons. The van der Waals surface area contributed by atoms with Gasteiger partial charge in [0.05, 0.1) is 11.7 Å². The quantitative estimate of drug-likeness (QED) is 0.800. The Kier molecular flexibility index (Phi) is 3.50. The first-order chi connectivity index (χ1) is 7.57. The summed E-state index contributed by atoms with van der Waals surface area (Å²) in [4.78, 5) is 4.10. The van der Waals surface area contributed by atoms with Crippen molar-refractivity contribution in [3.05, 3.63) is 22.9 Å². The van der Waals surface area contributed by atoms with Gasteiger partial charge in [0, 0.05) is 6.20 Å². The van der Waals surface area contributed by atoms with Gasteiger partial charge in [-0.25, -0.2) is 4.98 Å². The van der Waals surface area contributed by atoms with Gasteiger partial charge in [-0.05, 0) is 54.8 Å². The summed E-state index contributed by atoms with van der Waals surface area (Å²) in [6, 6.07) is 3.76. The Bertz CT molecular complexity index is 368. The summed E-state index contributed by atoms with van der Waals surface area (Å²) < 4.78 is 12.3. The highest BCUT2D eigenvalue weighted by atomic mass is 79.9. The molecule has 1 aliphatic rings. The normalized spacial score (nSPS) is 23.3. The molecule has 0 bridgehead atoms. The second-order valence-corrected chi connectivity index (χ2v) is 5.39. The highest BCUT2D eigenvalue weighted by molar-refractivity contribution is 9.10. The monoisotopic (exact) mass is 285 g/mol. The molecule has 0 saturated carbocycles. The molecule has 0 amide bonds. The van der Waals surface area contributed by atoms with Crippen LogP contribution < -0.4 is 4.74 Å². The maximum atomic E-state index is 5.85. The number of hydrogen-bond acceptors (Lipinski definition) is 3. The van der Waals surface area contributed by atoms with Crippen LogP contribution in [0.5, 0.6) is 5.75 Å². The number of ether oxygens (including phenoxy) is 2. The van der Waals surface area contributed by atoms with Crippen molar-refractivity contribution in [2.24, 2.45) is 0 Å². The van der Waals surface area contributed by atoms with Gasteiger partial charge < -0.3 is 9.47 Å². The number of rotatable bonds is 3. The van der Waals surface area contributed by atoms with Crippen molar-refractivity contribution >= 4 is 15.9 Å². The summed E-state index contributed by atoms with van der Waals surface area (Å²) in [5.41, 5.74) is 0.000195. The Morgan fingerprint density at radius 1 is 1.62 bits per heavy atom. The molecule has 1 unspecified atom stereocenters. The van der Waals surface area contributed by atoms with Crippen LogP contribution in [0.15, 0.2) is 22.9 Å². The van der Waals surface area contributed by atoms with Crippen LogP contribution in [-0.2, 0) is 4.74 Å². The second-order valence-electron chi connectivity index (χ2n) is 4.64. The molecule has 1 saturated heterocycles. The molecule has 3 nitrogen and oxygen atoms in total. The lowest BCUT2D eigenvalue weighted by atomic mass is 10.1. The van der Waals surface area contributed by atoms with Crippen LogP contribution in [0.3, 0.4) is 0 Å². The average molecular weight is 286 g/mol. The van der Waals surface area contributed by atoms with Gasteiger partial charge in [-0.3, -0.25) is 0 Å². The van der Waals surface area contributed by atoms with Crippen molar-refractivity contribution in [3.8, 4) is 5.75 Å². The highest BCUT2D eigenvalue weighted by Crippen LogP contribution is 2.30. The number of hydrogen-bond donors (Lipinski definition) is 0. The summed E-state index contributed by atoms with van der Waals surface area (Å²) >= 11 is 3.35. The van der Waals surface area contributed by atoms with Gasteiger partial charge >= 0.3 is 0 Å². The molecule has 1 fully saturated rings. The van der Waals surface area contributed by atoms with Crippen LogP contribution in [0.1, 0.15) is 26.7 Å². The first-order valence-electron chi connectivity index (χ1n) is 5.48. The van der Waals surface area contributed by atoms with E-state index < -0.39 is 0 Å². The Morgan fingerprint density at radius 3 is 3.06 bits per heavy atom. The maximum absolute atomic E-state index is 5.85. The van der Waals surface area contributed by atoms with E-state index in [1.165, 1.54) is 0 Å². The van der Waals surface area contributed by atoms with Crippen LogP contribution in [0.2, 0.25) is 0 Å². The standard InChI is InChI=1S/C12H16BrNO2/c1-12(2)6-5-9(16-12)8-15-10-4-3-7-14-11(10)13/h3-4,7,9H,5-6,8H2,1-2H3. The zero-order valence-corrected chi connectivity index (χ0v) is 11.2. The van der Waals surface area contributed by atoms with E-state index in [1.54, 1.807) is 6.20 Å². The largest absolute Gasteiger partial charge is 0.488 e. The molecule has 4 heteroatoms. The molecule has 0 aliphatic carbocycles. The summed E-state index contributed by atoms with van der Waals surface area (Å²) in [5.74, 6) is 0.774. The lowest BCUT2D eigenvalue weighted by Crippen LogP contribution is -2.23. The molecule has 1 atom stereocenters. The minimum Gasteiger partial charge on any atom is -0.488 e. The molecule has 1 aromatic heterocycles. The van der Waals surface area contributed by atoms with E-state index in [2.05, 4.69) is 34.8 Å². The van der Waals surface area contributed by atoms with Crippen LogP contribution >= 0.6 is 15.9 Å². The van der Waals surface area contributed by atoms with E-state index in [-0.39, 0.29) is 11.7 Å². The zero-order valence-electron chi connectivity index (χ0n) is 9.57. The van der Waals surface area contributed by atoms with Gasteiger partial charge in [0.1, 0.15) is 11.2 Å². The van der Waals surface area contributed by atoms with E-state index in [1.807, 2.05) is 12.1 Å². The summed E-state index contributed by atoms with van der Waals surface area (Å²) in [5, 5.41) is 0. The van der Waals surface area contributed by atoms with Crippen LogP contribution in [0, 0.1) is 0 Å². The fourth-order valence-corrected chi connectivity index (χ4v) is 2.22.